The minimum Gasteiger partial charge on any atom is -0.433 e. The second kappa shape index (κ2) is 6.97. The zero-order chi connectivity index (χ0) is 17.9. The fourth-order valence-corrected chi connectivity index (χ4v) is 3.25. The Labute approximate surface area is 140 Å². The van der Waals surface area contributed by atoms with E-state index in [0.717, 1.165) is 30.3 Å². The van der Waals surface area contributed by atoms with E-state index in [1.807, 2.05) is 0 Å². The smallest absolute Gasteiger partial charge is 0.387 e. The van der Waals surface area contributed by atoms with Gasteiger partial charge in [0, 0.05) is 6.07 Å². The van der Waals surface area contributed by atoms with E-state index < -0.39 is 32.1 Å². The first-order valence-electron chi connectivity index (χ1n) is 6.21. The maximum atomic E-state index is 12.3. The molecule has 0 fully saturated rings. The Morgan fingerprint density at radius 3 is 2.46 bits per heavy atom. The van der Waals surface area contributed by atoms with Crippen molar-refractivity contribution in [1.29, 1.82) is 0 Å². The highest BCUT2D eigenvalue weighted by molar-refractivity contribution is 7.92. The highest BCUT2D eigenvalue weighted by Gasteiger charge is 2.25. The van der Waals surface area contributed by atoms with Crippen molar-refractivity contribution in [2.24, 2.45) is 0 Å². The summed E-state index contributed by atoms with van der Waals surface area (Å²) >= 11 is 5.73. The number of hydrogen-bond acceptors (Lipinski definition) is 5. The molecule has 0 amide bonds. The number of sulfonamides is 1. The molecule has 0 saturated carbocycles. The number of nitro benzene ring substituents is 1. The van der Waals surface area contributed by atoms with Gasteiger partial charge in [0.2, 0.25) is 0 Å². The molecule has 0 unspecified atom stereocenters. The first kappa shape index (κ1) is 17.9. The summed E-state index contributed by atoms with van der Waals surface area (Å²) in [4.78, 5) is 9.55. The van der Waals surface area contributed by atoms with Gasteiger partial charge >= 0.3 is 6.61 Å². The van der Waals surface area contributed by atoms with E-state index in [1.54, 1.807) is 0 Å². The number of rotatable bonds is 6. The van der Waals surface area contributed by atoms with Crippen LogP contribution in [0.25, 0.3) is 0 Å². The molecule has 0 saturated heterocycles. The number of alkyl halides is 2. The topological polar surface area (TPSA) is 98.5 Å². The fraction of sp³-hybridized carbons (Fsp3) is 0.0769. The van der Waals surface area contributed by atoms with Gasteiger partial charge in [-0.15, -0.1) is 0 Å². The normalized spacial score (nSPS) is 11.3. The minimum atomic E-state index is -4.28. The standard InChI is InChI=1S/C13H9ClF2N2O5S/c14-9-7-8(5-6-11(9)23-13(15)16)17-24(21,22)12-4-2-1-3-10(12)18(19)20/h1-7,13,17H. The molecule has 0 atom stereocenters. The molecule has 0 aromatic heterocycles. The van der Waals surface area contributed by atoms with Crippen LogP contribution in [0.1, 0.15) is 0 Å². The lowest BCUT2D eigenvalue weighted by molar-refractivity contribution is -0.387. The van der Waals surface area contributed by atoms with Gasteiger partial charge in [-0.25, -0.2) is 8.42 Å². The Hall–Kier alpha value is -2.46. The summed E-state index contributed by atoms with van der Waals surface area (Å²) < 4.78 is 55.1. The zero-order valence-electron chi connectivity index (χ0n) is 11.6. The molecule has 11 heteroatoms. The Balaban J connectivity index is 2.34. The third-order valence-electron chi connectivity index (χ3n) is 2.75. The molecule has 0 radical (unpaired) electrons. The van der Waals surface area contributed by atoms with Crippen LogP contribution in [0.15, 0.2) is 47.4 Å². The summed E-state index contributed by atoms with van der Waals surface area (Å²) in [6.45, 7) is -3.09. The van der Waals surface area contributed by atoms with Crippen LogP contribution in [0.2, 0.25) is 5.02 Å². The average molecular weight is 379 g/mol. The van der Waals surface area contributed by atoms with E-state index in [1.165, 1.54) is 12.1 Å². The Bertz CT molecular complexity index is 876. The van der Waals surface area contributed by atoms with Crippen molar-refractivity contribution < 1.29 is 26.9 Å². The van der Waals surface area contributed by atoms with Crippen molar-refractivity contribution in [1.82, 2.24) is 0 Å². The molecule has 128 valence electrons. The summed E-state index contributed by atoms with van der Waals surface area (Å²) in [5, 5.41) is 10.7. The van der Waals surface area contributed by atoms with Crippen LogP contribution in [0, 0.1) is 10.1 Å². The molecule has 0 aliphatic rings. The second-order valence-corrected chi connectivity index (χ2v) is 6.41. The van der Waals surface area contributed by atoms with E-state index in [2.05, 4.69) is 9.46 Å². The van der Waals surface area contributed by atoms with Gasteiger partial charge in [-0.05, 0) is 24.3 Å². The van der Waals surface area contributed by atoms with E-state index in [-0.39, 0.29) is 16.5 Å². The van der Waals surface area contributed by atoms with E-state index >= 15 is 0 Å². The molecule has 0 bridgehead atoms. The molecule has 1 N–H and O–H groups in total. The van der Waals surface area contributed by atoms with Gasteiger partial charge in [-0.2, -0.15) is 8.78 Å². The van der Waals surface area contributed by atoms with Gasteiger partial charge in [0.15, 0.2) is 4.90 Å². The summed E-state index contributed by atoms with van der Waals surface area (Å²) in [7, 11) is -4.28. The molecule has 7 nitrogen and oxygen atoms in total. The molecule has 24 heavy (non-hydrogen) atoms. The summed E-state index contributed by atoms with van der Waals surface area (Å²) in [6, 6.07) is 7.99. The lowest BCUT2D eigenvalue weighted by atomic mass is 10.3. The number of halogens is 3. The zero-order valence-corrected chi connectivity index (χ0v) is 13.2. The molecule has 0 aliphatic carbocycles. The van der Waals surface area contributed by atoms with Crippen molar-refractivity contribution in [2.75, 3.05) is 4.72 Å². The van der Waals surface area contributed by atoms with E-state index in [4.69, 9.17) is 11.6 Å². The average Bonchev–Trinajstić information content (AvgIpc) is 2.49. The predicted molar refractivity (Wildman–Crippen MR) is 82.0 cm³/mol. The van der Waals surface area contributed by atoms with Gasteiger partial charge in [0.1, 0.15) is 5.75 Å². The Morgan fingerprint density at radius 2 is 1.88 bits per heavy atom. The number of hydrogen-bond donors (Lipinski definition) is 1. The molecular formula is C13H9ClF2N2O5S. The van der Waals surface area contributed by atoms with Crippen LogP contribution in [0.4, 0.5) is 20.2 Å². The molecule has 2 aromatic rings. The van der Waals surface area contributed by atoms with Crippen molar-refractivity contribution in [3.63, 3.8) is 0 Å². The van der Waals surface area contributed by atoms with Crippen molar-refractivity contribution in [3.05, 3.63) is 57.6 Å². The van der Waals surface area contributed by atoms with Gasteiger partial charge in [-0.1, -0.05) is 23.7 Å². The van der Waals surface area contributed by atoms with Crippen molar-refractivity contribution in [3.8, 4) is 5.75 Å². The number of nitrogens with one attached hydrogen (secondary N) is 1. The summed E-state index contributed by atoms with van der Waals surface area (Å²) in [5.41, 5.74) is -0.673. The van der Waals surface area contributed by atoms with E-state index in [9.17, 15) is 27.3 Å². The van der Waals surface area contributed by atoms with Crippen LogP contribution in [0.3, 0.4) is 0 Å². The molecular weight excluding hydrogens is 370 g/mol. The third-order valence-corrected chi connectivity index (χ3v) is 4.48. The van der Waals surface area contributed by atoms with Crippen LogP contribution < -0.4 is 9.46 Å². The number of nitro groups is 1. The summed E-state index contributed by atoms with van der Waals surface area (Å²) in [6.07, 6.45) is 0. The lowest BCUT2D eigenvalue weighted by Crippen LogP contribution is -2.14. The number of nitrogens with zero attached hydrogens (tertiary/aromatic N) is 1. The number of para-hydroxylation sites is 1. The molecule has 2 rings (SSSR count). The van der Waals surface area contributed by atoms with Gasteiger partial charge in [0.25, 0.3) is 15.7 Å². The SMILES string of the molecule is O=[N+]([O-])c1ccccc1S(=O)(=O)Nc1ccc(OC(F)F)c(Cl)c1. The number of benzene rings is 2. The molecule has 2 aromatic carbocycles. The Kier molecular flexibility index (Phi) is 5.20. The number of ether oxygens (including phenoxy) is 1. The quantitative estimate of drug-likeness (QED) is 0.611. The first-order chi connectivity index (χ1) is 11.2. The first-order valence-corrected chi connectivity index (χ1v) is 8.07. The number of anilines is 1. The third kappa shape index (κ3) is 4.09. The van der Waals surface area contributed by atoms with Crippen LogP contribution >= 0.6 is 11.6 Å². The van der Waals surface area contributed by atoms with Crippen LogP contribution in [-0.4, -0.2) is 20.0 Å². The maximum Gasteiger partial charge on any atom is 0.387 e. The predicted octanol–water partition coefficient (Wildman–Crippen LogP) is 3.65. The fourth-order valence-electron chi connectivity index (χ4n) is 1.80. The second-order valence-electron chi connectivity index (χ2n) is 4.35. The van der Waals surface area contributed by atoms with Gasteiger partial charge in [0.05, 0.1) is 15.6 Å². The van der Waals surface area contributed by atoms with Gasteiger partial charge < -0.3 is 4.74 Å². The van der Waals surface area contributed by atoms with Crippen molar-refractivity contribution >= 4 is 33.0 Å². The molecule has 0 spiro atoms. The minimum absolute atomic E-state index is 0.0697. The van der Waals surface area contributed by atoms with Gasteiger partial charge in [-0.3, -0.25) is 14.8 Å². The monoisotopic (exact) mass is 378 g/mol. The maximum absolute atomic E-state index is 12.3. The lowest BCUT2D eigenvalue weighted by Gasteiger charge is -2.11. The Morgan fingerprint density at radius 1 is 1.21 bits per heavy atom. The largest absolute Gasteiger partial charge is 0.433 e. The van der Waals surface area contributed by atoms with E-state index in [0.29, 0.717) is 0 Å². The van der Waals surface area contributed by atoms with Crippen molar-refractivity contribution in [2.45, 2.75) is 11.5 Å². The highest BCUT2D eigenvalue weighted by atomic mass is 35.5. The molecule has 0 heterocycles. The summed E-state index contributed by atoms with van der Waals surface area (Å²) in [5.74, 6) is -0.333. The molecule has 0 aliphatic heterocycles. The van der Waals surface area contributed by atoms with Crippen LogP contribution in [0.5, 0.6) is 5.75 Å². The highest BCUT2D eigenvalue weighted by Crippen LogP contribution is 2.31. The van der Waals surface area contributed by atoms with Crippen LogP contribution in [-0.2, 0) is 10.0 Å².